The third-order valence-electron chi connectivity index (χ3n) is 4.09. The fourth-order valence-corrected chi connectivity index (χ4v) is 3.06. The molecule has 2 aliphatic heterocycles. The summed E-state index contributed by atoms with van der Waals surface area (Å²) in [5.41, 5.74) is 0. The largest absolute Gasteiger partial charge is 0.480 e. The Kier molecular flexibility index (Phi) is 5.03. The van der Waals surface area contributed by atoms with E-state index >= 15 is 0 Å². The lowest BCUT2D eigenvalue weighted by Gasteiger charge is -2.37. The van der Waals surface area contributed by atoms with Crippen LogP contribution >= 0.6 is 0 Å². The van der Waals surface area contributed by atoms with E-state index in [2.05, 4.69) is 0 Å². The molecule has 0 aromatic rings. The van der Waals surface area contributed by atoms with Crippen LogP contribution in [0.2, 0.25) is 0 Å². The third kappa shape index (κ3) is 3.28. The molecular weight excluding hydrogens is 276 g/mol. The summed E-state index contributed by atoms with van der Waals surface area (Å²) in [5.74, 6) is -1.37. The van der Waals surface area contributed by atoms with Crippen LogP contribution in [0, 0.1) is 0 Å². The Morgan fingerprint density at radius 3 is 2.33 bits per heavy atom. The molecule has 0 aromatic carbocycles. The zero-order valence-electron chi connectivity index (χ0n) is 12.3. The topological polar surface area (TPSA) is 87.2 Å². The first-order valence-corrected chi connectivity index (χ1v) is 7.53. The summed E-state index contributed by atoms with van der Waals surface area (Å²) < 4.78 is 5.00. The minimum atomic E-state index is -0.977. The predicted molar refractivity (Wildman–Crippen MR) is 73.7 cm³/mol. The van der Waals surface area contributed by atoms with E-state index in [0.717, 1.165) is 19.3 Å². The Bertz CT molecular complexity index is 426. The molecule has 2 fully saturated rings. The fourth-order valence-electron chi connectivity index (χ4n) is 3.06. The molecule has 2 aliphatic rings. The minimum Gasteiger partial charge on any atom is -0.480 e. The molecule has 1 N–H and O–H groups in total. The van der Waals surface area contributed by atoms with Crippen LogP contribution in [0.1, 0.15) is 39.0 Å². The second-order valence-corrected chi connectivity index (χ2v) is 5.43. The molecule has 2 saturated heterocycles. The van der Waals surface area contributed by atoms with Crippen LogP contribution in [0.3, 0.4) is 0 Å². The number of carbonyl (C=O) groups excluding carboxylic acids is 2. The number of hydrogen-bond acceptors (Lipinski definition) is 4. The molecule has 7 nitrogen and oxygen atoms in total. The number of ether oxygens (including phenoxy) is 1. The van der Waals surface area contributed by atoms with Gasteiger partial charge < -0.3 is 19.6 Å². The molecule has 2 atom stereocenters. The first-order valence-electron chi connectivity index (χ1n) is 7.53. The second-order valence-electron chi connectivity index (χ2n) is 5.43. The predicted octanol–water partition coefficient (Wildman–Crippen LogP) is 1.07. The zero-order chi connectivity index (χ0) is 15.4. The monoisotopic (exact) mass is 298 g/mol. The van der Waals surface area contributed by atoms with E-state index < -0.39 is 24.0 Å². The van der Waals surface area contributed by atoms with Crippen molar-refractivity contribution in [3.8, 4) is 0 Å². The van der Waals surface area contributed by atoms with Crippen LogP contribution in [0.15, 0.2) is 0 Å². The lowest BCUT2D eigenvalue weighted by Crippen LogP contribution is -2.55. The Labute approximate surface area is 123 Å². The SMILES string of the molecule is CCOC(=O)C1CCCN1C(=O)N1CCCCC1C(=O)O. The average Bonchev–Trinajstić information content (AvgIpc) is 2.96. The number of rotatable bonds is 3. The van der Waals surface area contributed by atoms with Crippen molar-refractivity contribution in [2.75, 3.05) is 19.7 Å². The number of carboxylic acids is 1. The number of piperidine rings is 1. The Morgan fingerprint density at radius 1 is 1.05 bits per heavy atom. The lowest BCUT2D eigenvalue weighted by molar-refractivity contribution is -0.147. The highest BCUT2D eigenvalue weighted by Gasteiger charge is 2.41. The van der Waals surface area contributed by atoms with Gasteiger partial charge in [0.25, 0.3) is 0 Å². The van der Waals surface area contributed by atoms with Gasteiger partial charge in [0.15, 0.2) is 0 Å². The first kappa shape index (κ1) is 15.6. The molecule has 7 heteroatoms. The number of esters is 1. The van der Waals surface area contributed by atoms with Crippen LogP contribution < -0.4 is 0 Å². The third-order valence-corrected chi connectivity index (χ3v) is 4.09. The summed E-state index contributed by atoms with van der Waals surface area (Å²) in [6, 6.07) is -1.71. The summed E-state index contributed by atoms with van der Waals surface area (Å²) in [6.07, 6.45) is 3.39. The lowest BCUT2D eigenvalue weighted by atomic mass is 10.0. The van der Waals surface area contributed by atoms with Crippen molar-refractivity contribution in [2.24, 2.45) is 0 Å². The van der Waals surface area contributed by atoms with Crippen molar-refractivity contribution in [1.29, 1.82) is 0 Å². The van der Waals surface area contributed by atoms with Crippen LogP contribution in [-0.2, 0) is 14.3 Å². The van der Waals surface area contributed by atoms with Gasteiger partial charge in [-0.15, -0.1) is 0 Å². The van der Waals surface area contributed by atoms with Crippen molar-refractivity contribution >= 4 is 18.0 Å². The Hall–Kier alpha value is -1.79. The van der Waals surface area contributed by atoms with Gasteiger partial charge in [0.05, 0.1) is 6.61 Å². The van der Waals surface area contributed by atoms with E-state index in [0.29, 0.717) is 25.9 Å². The molecule has 2 unspecified atom stereocenters. The Balaban J connectivity index is 2.10. The molecule has 0 radical (unpaired) electrons. The van der Waals surface area contributed by atoms with Gasteiger partial charge in [0.2, 0.25) is 0 Å². The number of carbonyl (C=O) groups is 3. The van der Waals surface area contributed by atoms with Gasteiger partial charge in [-0.3, -0.25) is 0 Å². The molecule has 0 spiro atoms. The highest BCUT2D eigenvalue weighted by atomic mass is 16.5. The van der Waals surface area contributed by atoms with Crippen molar-refractivity contribution in [3.63, 3.8) is 0 Å². The molecule has 2 amide bonds. The number of likely N-dealkylation sites (tertiary alicyclic amines) is 2. The van der Waals surface area contributed by atoms with E-state index in [1.54, 1.807) is 6.92 Å². The van der Waals surface area contributed by atoms with E-state index in [4.69, 9.17) is 4.74 Å². The summed E-state index contributed by atoms with van der Waals surface area (Å²) in [6.45, 7) is 2.91. The number of hydrogen-bond donors (Lipinski definition) is 1. The molecular formula is C14H22N2O5. The molecule has 21 heavy (non-hydrogen) atoms. The number of nitrogens with zero attached hydrogens (tertiary/aromatic N) is 2. The first-order chi connectivity index (χ1) is 10.1. The maximum atomic E-state index is 12.6. The van der Waals surface area contributed by atoms with E-state index in [9.17, 15) is 19.5 Å². The quantitative estimate of drug-likeness (QED) is 0.788. The number of urea groups is 1. The molecule has 0 aromatic heterocycles. The minimum absolute atomic E-state index is 0.277. The maximum absolute atomic E-state index is 12.6. The molecule has 118 valence electrons. The van der Waals surface area contributed by atoms with Crippen LogP contribution in [0.4, 0.5) is 4.79 Å². The maximum Gasteiger partial charge on any atom is 0.328 e. The van der Waals surface area contributed by atoms with Gasteiger partial charge in [-0.05, 0) is 39.0 Å². The molecule has 2 rings (SSSR count). The normalized spacial score (nSPS) is 25.8. The average molecular weight is 298 g/mol. The van der Waals surface area contributed by atoms with Crippen LogP contribution in [0.25, 0.3) is 0 Å². The summed E-state index contributed by atoms with van der Waals surface area (Å²) in [4.78, 5) is 38.7. The summed E-state index contributed by atoms with van der Waals surface area (Å²) in [7, 11) is 0. The zero-order valence-corrected chi connectivity index (χ0v) is 12.3. The molecule has 2 heterocycles. The Morgan fingerprint density at radius 2 is 1.67 bits per heavy atom. The van der Waals surface area contributed by atoms with E-state index in [1.165, 1.54) is 9.80 Å². The second kappa shape index (κ2) is 6.78. The summed E-state index contributed by atoms with van der Waals surface area (Å²) in [5, 5.41) is 9.26. The highest BCUT2D eigenvalue weighted by molar-refractivity contribution is 5.87. The van der Waals surface area contributed by atoms with Crippen LogP contribution in [-0.4, -0.2) is 64.7 Å². The number of aliphatic carboxylic acids is 1. The number of carboxylic acid groups (broad SMARTS) is 1. The van der Waals surface area contributed by atoms with Gasteiger partial charge in [-0.2, -0.15) is 0 Å². The molecule has 0 aliphatic carbocycles. The standard InChI is InChI=1S/C14H22N2O5/c1-2-21-13(19)11-7-5-9-16(11)14(20)15-8-4-3-6-10(15)12(17)18/h10-11H,2-9H2,1H3,(H,17,18). The van der Waals surface area contributed by atoms with Crippen molar-refractivity contribution < 1.29 is 24.2 Å². The van der Waals surface area contributed by atoms with Crippen LogP contribution in [0.5, 0.6) is 0 Å². The van der Waals surface area contributed by atoms with Crippen molar-refractivity contribution in [3.05, 3.63) is 0 Å². The van der Waals surface area contributed by atoms with Gasteiger partial charge in [-0.25, -0.2) is 14.4 Å². The van der Waals surface area contributed by atoms with Crippen molar-refractivity contribution in [2.45, 2.75) is 51.1 Å². The summed E-state index contributed by atoms with van der Waals surface area (Å²) >= 11 is 0. The van der Waals surface area contributed by atoms with Gasteiger partial charge in [0, 0.05) is 13.1 Å². The van der Waals surface area contributed by atoms with Gasteiger partial charge >= 0.3 is 18.0 Å². The van der Waals surface area contributed by atoms with E-state index in [-0.39, 0.29) is 12.6 Å². The fraction of sp³-hybridized carbons (Fsp3) is 0.786. The highest BCUT2D eigenvalue weighted by Crippen LogP contribution is 2.24. The number of amides is 2. The van der Waals surface area contributed by atoms with E-state index in [1.807, 2.05) is 0 Å². The van der Waals surface area contributed by atoms with Gasteiger partial charge in [-0.1, -0.05) is 0 Å². The molecule has 0 bridgehead atoms. The smallest absolute Gasteiger partial charge is 0.328 e. The van der Waals surface area contributed by atoms with Gasteiger partial charge in [0.1, 0.15) is 12.1 Å². The van der Waals surface area contributed by atoms with Crippen molar-refractivity contribution in [1.82, 2.24) is 9.80 Å². The molecule has 0 saturated carbocycles.